The third-order valence-electron chi connectivity index (χ3n) is 3.43. The van der Waals surface area contributed by atoms with Gasteiger partial charge in [0.2, 0.25) is 0 Å². The summed E-state index contributed by atoms with van der Waals surface area (Å²) in [4.78, 5) is 2.57. The van der Waals surface area contributed by atoms with Crippen LogP contribution in [0.1, 0.15) is 26.7 Å². The highest BCUT2D eigenvalue weighted by atomic mass is 35.5. The predicted octanol–water partition coefficient (Wildman–Crippen LogP) is 3.87. The predicted molar refractivity (Wildman–Crippen MR) is 79.4 cm³/mol. The number of rotatable bonds is 4. The molecule has 0 unspecified atom stereocenters. The zero-order chi connectivity index (χ0) is 13.0. The van der Waals surface area contributed by atoms with E-state index in [1.165, 1.54) is 38.2 Å². The molecule has 1 heterocycles. The average Bonchev–Trinajstić information content (AvgIpc) is 2.34. The van der Waals surface area contributed by atoms with Gasteiger partial charge in [0.1, 0.15) is 0 Å². The molecule has 2 nitrogen and oxygen atoms in total. The Morgan fingerprint density at radius 3 is 2.39 bits per heavy atom. The lowest BCUT2D eigenvalue weighted by molar-refractivity contribution is 0.198. The summed E-state index contributed by atoms with van der Waals surface area (Å²) in [5.41, 5.74) is 1.18. The van der Waals surface area contributed by atoms with Crippen molar-refractivity contribution >= 4 is 17.3 Å². The highest BCUT2D eigenvalue weighted by Crippen LogP contribution is 2.19. The van der Waals surface area contributed by atoms with Crippen molar-refractivity contribution in [3.63, 3.8) is 0 Å². The first kappa shape index (κ1) is 13.7. The van der Waals surface area contributed by atoms with Crippen molar-refractivity contribution in [2.45, 2.75) is 32.7 Å². The molecule has 0 spiro atoms. The van der Waals surface area contributed by atoms with Crippen molar-refractivity contribution in [2.24, 2.45) is 5.92 Å². The Balaban J connectivity index is 1.78. The molecule has 0 aromatic heterocycles. The summed E-state index contributed by atoms with van der Waals surface area (Å²) in [6.07, 6.45) is 2.46. The Bertz CT molecular complexity index is 353. The van der Waals surface area contributed by atoms with Crippen molar-refractivity contribution < 1.29 is 0 Å². The number of piperidine rings is 1. The number of hydrogen-bond donors (Lipinski definition) is 1. The second-order valence-electron chi connectivity index (χ2n) is 5.62. The lowest BCUT2D eigenvalue weighted by atomic mass is 10.0. The van der Waals surface area contributed by atoms with Gasteiger partial charge in [0, 0.05) is 36.4 Å². The maximum absolute atomic E-state index is 5.89. The maximum Gasteiger partial charge on any atom is 0.0407 e. The Morgan fingerprint density at radius 2 is 1.83 bits per heavy atom. The molecule has 1 fully saturated rings. The number of halogens is 1. The molecule has 1 aliphatic heterocycles. The SMILES string of the molecule is CC(C)CN1CCC(Nc2ccc(Cl)cc2)CC1. The minimum atomic E-state index is 0.606. The van der Waals surface area contributed by atoms with Crippen LogP contribution in [0.15, 0.2) is 24.3 Å². The van der Waals surface area contributed by atoms with E-state index < -0.39 is 0 Å². The van der Waals surface area contributed by atoms with Crippen molar-refractivity contribution in [2.75, 3.05) is 25.0 Å². The summed E-state index contributed by atoms with van der Waals surface area (Å²) in [6, 6.07) is 8.61. The van der Waals surface area contributed by atoms with Crippen LogP contribution in [-0.4, -0.2) is 30.6 Å². The van der Waals surface area contributed by atoms with Crippen LogP contribution in [0, 0.1) is 5.92 Å². The van der Waals surface area contributed by atoms with Crippen molar-refractivity contribution in [3.05, 3.63) is 29.3 Å². The van der Waals surface area contributed by atoms with Gasteiger partial charge in [0.05, 0.1) is 0 Å². The van der Waals surface area contributed by atoms with Gasteiger partial charge in [0.25, 0.3) is 0 Å². The van der Waals surface area contributed by atoms with E-state index >= 15 is 0 Å². The highest BCUT2D eigenvalue weighted by molar-refractivity contribution is 6.30. The molecule has 0 bridgehead atoms. The second kappa shape index (κ2) is 6.44. The molecule has 1 N–H and O–H groups in total. The molecule has 0 radical (unpaired) electrons. The van der Waals surface area contributed by atoms with Crippen LogP contribution in [0.5, 0.6) is 0 Å². The molecule has 100 valence electrons. The van der Waals surface area contributed by atoms with Crippen LogP contribution in [0.3, 0.4) is 0 Å². The third kappa shape index (κ3) is 4.18. The first-order valence-electron chi connectivity index (χ1n) is 6.88. The highest BCUT2D eigenvalue weighted by Gasteiger charge is 2.19. The number of hydrogen-bond acceptors (Lipinski definition) is 2. The Hall–Kier alpha value is -0.730. The summed E-state index contributed by atoms with van der Waals surface area (Å²) in [5.74, 6) is 0.769. The Kier molecular flexibility index (Phi) is 4.90. The zero-order valence-electron chi connectivity index (χ0n) is 11.3. The summed E-state index contributed by atoms with van der Waals surface area (Å²) in [7, 11) is 0. The minimum absolute atomic E-state index is 0.606. The molecule has 1 aliphatic rings. The van der Waals surface area contributed by atoms with Crippen molar-refractivity contribution in [3.8, 4) is 0 Å². The van der Waals surface area contributed by atoms with E-state index in [9.17, 15) is 0 Å². The molecule has 3 heteroatoms. The van der Waals surface area contributed by atoms with Crippen LogP contribution < -0.4 is 5.32 Å². The van der Waals surface area contributed by atoms with Crippen LogP contribution >= 0.6 is 11.6 Å². The van der Waals surface area contributed by atoms with Crippen LogP contribution in [-0.2, 0) is 0 Å². The van der Waals surface area contributed by atoms with Crippen molar-refractivity contribution in [1.82, 2.24) is 4.90 Å². The smallest absolute Gasteiger partial charge is 0.0407 e. The normalized spacial score (nSPS) is 18.2. The van der Waals surface area contributed by atoms with Gasteiger partial charge >= 0.3 is 0 Å². The number of benzene rings is 1. The number of nitrogens with zero attached hydrogens (tertiary/aromatic N) is 1. The molecule has 0 amide bonds. The summed E-state index contributed by atoms with van der Waals surface area (Å²) >= 11 is 5.89. The Labute approximate surface area is 115 Å². The first-order chi connectivity index (χ1) is 8.63. The summed E-state index contributed by atoms with van der Waals surface area (Å²) in [6.45, 7) is 8.23. The van der Waals surface area contributed by atoms with Gasteiger partial charge in [-0.15, -0.1) is 0 Å². The van der Waals surface area contributed by atoms with Gasteiger partial charge in [-0.2, -0.15) is 0 Å². The van der Waals surface area contributed by atoms with Crippen LogP contribution in [0.2, 0.25) is 5.02 Å². The molecular weight excluding hydrogens is 244 g/mol. The molecule has 1 saturated heterocycles. The summed E-state index contributed by atoms with van der Waals surface area (Å²) in [5, 5.41) is 4.40. The van der Waals surface area contributed by atoms with Gasteiger partial charge in [-0.25, -0.2) is 0 Å². The third-order valence-corrected chi connectivity index (χ3v) is 3.68. The van der Waals surface area contributed by atoms with E-state index in [0.717, 1.165) is 10.9 Å². The largest absolute Gasteiger partial charge is 0.382 e. The van der Waals surface area contributed by atoms with Gasteiger partial charge in [-0.05, 0) is 43.0 Å². The topological polar surface area (TPSA) is 15.3 Å². The zero-order valence-corrected chi connectivity index (χ0v) is 12.1. The molecule has 0 saturated carbocycles. The molecule has 0 aliphatic carbocycles. The van der Waals surface area contributed by atoms with Crippen molar-refractivity contribution in [1.29, 1.82) is 0 Å². The fourth-order valence-electron chi connectivity index (χ4n) is 2.56. The lowest BCUT2D eigenvalue weighted by Crippen LogP contribution is -2.40. The second-order valence-corrected chi connectivity index (χ2v) is 6.06. The monoisotopic (exact) mass is 266 g/mol. The quantitative estimate of drug-likeness (QED) is 0.890. The standard InChI is InChI=1S/C15H23ClN2/c1-12(2)11-18-9-7-15(8-10-18)17-14-5-3-13(16)4-6-14/h3-6,12,15,17H,7-11H2,1-2H3. The Morgan fingerprint density at radius 1 is 1.22 bits per heavy atom. The molecule has 1 aromatic carbocycles. The van der Waals surface area contributed by atoms with E-state index in [1.54, 1.807) is 0 Å². The molecular formula is C15H23ClN2. The lowest BCUT2D eigenvalue weighted by Gasteiger charge is -2.33. The summed E-state index contributed by atoms with van der Waals surface area (Å²) < 4.78 is 0. The van der Waals surface area contributed by atoms with Gasteiger partial charge < -0.3 is 10.2 Å². The number of likely N-dealkylation sites (tertiary alicyclic amines) is 1. The van der Waals surface area contributed by atoms with Crippen LogP contribution in [0.4, 0.5) is 5.69 Å². The van der Waals surface area contributed by atoms with E-state index in [0.29, 0.717) is 6.04 Å². The van der Waals surface area contributed by atoms with E-state index in [1.807, 2.05) is 12.1 Å². The van der Waals surface area contributed by atoms with Crippen LogP contribution in [0.25, 0.3) is 0 Å². The number of anilines is 1. The van der Waals surface area contributed by atoms with Gasteiger partial charge in [-0.1, -0.05) is 25.4 Å². The molecule has 1 aromatic rings. The number of nitrogens with one attached hydrogen (secondary N) is 1. The fourth-order valence-corrected chi connectivity index (χ4v) is 2.68. The van der Waals surface area contributed by atoms with E-state index in [-0.39, 0.29) is 0 Å². The van der Waals surface area contributed by atoms with Gasteiger partial charge in [0.15, 0.2) is 0 Å². The van der Waals surface area contributed by atoms with Gasteiger partial charge in [-0.3, -0.25) is 0 Å². The van der Waals surface area contributed by atoms with E-state index in [4.69, 9.17) is 11.6 Å². The fraction of sp³-hybridized carbons (Fsp3) is 0.600. The van der Waals surface area contributed by atoms with E-state index in [2.05, 4.69) is 36.2 Å². The minimum Gasteiger partial charge on any atom is -0.382 e. The first-order valence-corrected chi connectivity index (χ1v) is 7.26. The maximum atomic E-state index is 5.89. The molecule has 0 atom stereocenters. The molecule has 2 rings (SSSR count). The average molecular weight is 267 g/mol. The molecule has 18 heavy (non-hydrogen) atoms.